The molecule has 7 heteroatoms. The molecule has 24 heavy (non-hydrogen) atoms. The van der Waals surface area contributed by atoms with Gasteiger partial charge in [0.05, 0.1) is 5.41 Å². The third-order valence-electron chi connectivity index (χ3n) is 4.94. The van der Waals surface area contributed by atoms with Crippen LogP contribution in [-0.2, 0) is 9.59 Å². The zero-order chi connectivity index (χ0) is 17.9. The van der Waals surface area contributed by atoms with Gasteiger partial charge in [-0.05, 0) is 31.4 Å². The molecule has 1 unspecified atom stereocenters. The number of anilines is 1. The zero-order valence-electron chi connectivity index (χ0n) is 13.9. The van der Waals surface area contributed by atoms with Gasteiger partial charge in [-0.1, -0.05) is 19.9 Å². The summed E-state index contributed by atoms with van der Waals surface area (Å²) in [5, 5.41) is 2.71. The number of para-hydroxylation sites is 1. The van der Waals surface area contributed by atoms with Crippen LogP contribution < -0.4 is 16.0 Å². The van der Waals surface area contributed by atoms with E-state index in [0.717, 1.165) is 17.0 Å². The van der Waals surface area contributed by atoms with Crippen molar-refractivity contribution >= 4 is 17.5 Å². The molecule has 0 aromatic heterocycles. The first-order valence-corrected chi connectivity index (χ1v) is 8.16. The highest BCUT2D eigenvalue weighted by atomic mass is 19.1. The third-order valence-corrected chi connectivity index (χ3v) is 4.94. The maximum absolute atomic E-state index is 13.9. The average Bonchev–Trinajstić information content (AvgIpc) is 2.91. The first kappa shape index (κ1) is 18.3. The second-order valence-electron chi connectivity index (χ2n) is 6.07. The summed E-state index contributed by atoms with van der Waals surface area (Å²) in [7, 11) is 0. The normalized spacial score (nSPS) is 18.1. The number of hydrogen-bond acceptors (Lipinski definition) is 3. The highest BCUT2D eigenvalue weighted by molar-refractivity contribution is 6.02. The lowest BCUT2D eigenvalue weighted by molar-refractivity contribution is -0.134. The number of nitrogens with one attached hydrogen (secondary N) is 1. The number of rotatable bonds is 6. The van der Waals surface area contributed by atoms with Crippen molar-refractivity contribution in [2.75, 3.05) is 18.0 Å². The summed E-state index contributed by atoms with van der Waals surface area (Å²) in [5.74, 6) is -2.39. The molecule has 5 nitrogen and oxygen atoms in total. The lowest BCUT2D eigenvalue weighted by Crippen LogP contribution is -2.51. The molecule has 1 atom stereocenters. The zero-order valence-corrected chi connectivity index (χ0v) is 13.9. The van der Waals surface area contributed by atoms with Gasteiger partial charge in [-0.25, -0.2) is 8.78 Å². The molecular weight excluding hydrogens is 316 g/mol. The fourth-order valence-corrected chi connectivity index (χ4v) is 3.05. The fraction of sp³-hybridized carbons (Fsp3) is 0.529. The van der Waals surface area contributed by atoms with E-state index in [1.54, 1.807) is 0 Å². The van der Waals surface area contributed by atoms with Gasteiger partial charge in [-0.2, -0.15) is 0 Å². The van der Waals surface area contributed by atoms with Crippen LogP contribution in [0.3, 0.4) is 0 Å². The van der Waals surface area contributed by atoms with Gasteiger partial charge in [0.25, 0.3) is 0 Å². The van der Waals surface area contributed by atoms with Gasteiger partial charge < -0.3 is 16.0 Å². The van der Waals surface area contributed by atoms with Crippen molar-refractivity contribution in [1.29, 1.82) is 0 Å². The Hall–Kier alpha value is -2.02. The van der Waals surface area contributed by atoms with E-state index >= 15 is 0 Å². The molecule has 0 radical (unpaired) electrons. The molecule has 1 fully saturated rings. The molecule has 0 bridgehead atoms. The van der Waals surface area contributed by atoms with Gasteiger partial charge >= 0.3 is 0 Å². The third kappa shape index (κ3) is 3.13. The first-order chi connectivity index (χ1) is 11.4. The van der Waals surface area contributed by atoms with E-state index in [2.05, 4.69) is 5.32 Å². The molecular formula is C17H23F2N3O2. The molecule has 132 valence electrons. The number of halogens is 2. The largest absolute Gasteiger partial charge is 0.344 e. The van der Waals surface area contributed by atoms with Crippen LogP contribution in [0.15, 0.2) is 18.2 Å². The molecule has 1 saturated heterocycles. The lowest BCUT2D eigenvalue weighted by Gasteiger charge is -2.29. The molecule has 3 N–H and O–H groups in total. The molecule has 0 spiro atoms. The predicted molar refractivity (Wildman–Crippen MR) is 87.3 cm³/mol. The van der Waals surface area contributed by atoms with Gasteiger partial charge in [0.15, 0.2) is 0 Å². The second kappa shape index (κ2) is 7.25. The molecule has 1 aliphatic rings. The number of hydrogen-bond donors (Lipinski definition) is 2. The number of amides is 2. The standard InChI is InChI=1S/C17H23F2N3O2/c1-3-17(4-2,10-20)16(24)21-13-8-9-22(15(13)23)14-11(18)6-5-7-12(14)19/h5-7,13H,3-4,8-10,20H2,1-2H3,(H,21,24). The average molecular weight is 339 g/mol. The van der Waals surface area contributed by atoms with Crippen molar-refractivity contribution in [2.45, 2.75) is 39.2 Å². The van der Waals surface area contributed by atoms with E-state index in [4.69, 9.17) is 5.73 Å². The van der Waals surface area contributed by atoms with Crippen LogP contribution in [0.5, 0.6) is 0 Å². The quantitative estimate of drug-likeness (QED) is 0.832. The summed E-state index contributed by atoms with van der Waals surface area (Å²) < 4.78 is 27.8. The summed E-state index contributed by atoms with van der Waals surface area (Å²) in [6.07, 6.45) is 1.41. The minimum atomic E-state index is -0.797. The van der Waals surface area contributed by atoms with Crippen LogP contribution in [0.2, 0.25) is 0 Å². The number of carbonyl (C=O) groups excluding carboxylic acids is 2. The summed E-state index contributed by atoms with van der Waals surface area (Å²) in [6, 6.07) is 2.66. The van der Waals surface area contributed by atoms with Gasteiger partial charge in [-0.15, -0.1) is 0 Å². The van der Waals surface area contributed by atoms with Gasteiger partial charge in [0.2, 0.25) is 11.8 Å². The molecule has 2 rings (SSSR count). The Kier molecular flexibility index (Phi) is 5.54. The fourth-order valence-electron chi connectivity index (χ4n) is 3.05. The van der Waals surface area contributed by atoms with E-state index in [1.807, 2.05) is 13.8 Å². The topological polar surface area (TPSA) is 75.4 Å². The number of nitrogens with zero attached hydrogens (tertiary/aromatic N) is 1. The Morgan fingerprint density at radius 3 is 2.42 bits per heavy atom. The van der Waals surface area contributed by atoms with Crippen LogP contribution in [0.25, 0.3) is 0 Å². The minimum Gasteiger partial charge on any atom is -0.344 e. The van der Waals surface area contributed by atoms with Crippen LogP contribution >= 0.6 is 0 Å². The van der Waals surface area contributed by atoms with Crippen molar-refractivity contribution < 1.29 is 18.4 Å². The van der Waals surface area contributed by atoms with E-state index in [0.29, 0.717) is 19.3 Å². The maximum atomic E-state index is 13.9. The summed E-state index contributed by atoms with van der Waals surface area (Å²) in [4.78, 5) is 26.1. The maximum Gasteiger partial charge on any atom is 0.249 e. The summed E-state index contributed by atoms with van der Waals surface area (Å²) in [6.45, 7) is 4.06. The van der Waals surface area contributed by atoms with Gasteiger partial charge in [0, 0.05) is 13.1 Å². The number of nitrogens with two attached hydrogens (primary N) is 1. The Morgan fingerprint density at radius 1 is 1.33 bits per heavy atom. The van der Waals surface area contributed by atoms with Gasteiger partial charge in [-0.3, -0.25) is 9.59 Å². The molecule has 1 heterocycles. The monoisotopic (exact) mass is 339 g/mol. The van der Waals surface area contributed by atoms with E-state index < -0.39 is 29.0 Å². The first-order valence-electron chi connectivity index (χ1n) is 8.16. The Balaban J connectivity index is 2.16. The van der Waals surface area contributed by atoms with Gasteiger partial charge in [0.1, 0.15) is 23.4 Å². The van der Waals surface area contributed by atoms with Crippen LogP contribution in [0.4, 0.5) is 14.5 Å². The SMILES string of the molecule is CCC(CC)(CN)C(=O)NC1CCN(c2c(F)cccc2F)C1=O. The Bertz CT molecular complexity index is 604. The molecule has 1 aromatic rings. The van der Waals surface area contributed by atoms with Crippen molar-refractivity contribution in [1.82, 2.24) is 5.32 Å². The van der Waals surface area contributed by atoms with E-state index in [-0.39, 0.29) is 24.7 Å². The smallest absolute Gasteiger partial charge is 0.249 e. The molecule has 0 aliphatic carbocycles. The second-order valence-corrected chi connectivity index (χ2v) is 6.07. The highest BCUT2D eigenvalue weighted by Gasteiger charge is 2.40. The number of benzene rings is 1. The number of carbonyl (C=O) groups is 2. The van der Waals surface area contributed by atoms with Crippen molar-refractivity contribution in [3.8, 4) is 0 Å². The van der Waals surface area contributed by atoms with Crippen LogP contribution in [0, 0.1) is 17.0 Å². The molecule has 0 saturated carbocycles. The van der Waals surface area contributed by atoms with Crippen molar-refractivity contribution in [3.05, 3.63) is 29.8 Å². The molecule has 2 amide bonds. The Labute approximate surface area is 140 Å². The van der Waals surface area contributed by atoms with Crippen molar-refractivity contribution in [3.63, 3.8) is 0 Å². The predicted octanol–water partition coefficient (Wildman–Crippen LogP) is 1.95. The summed E-state index contributed by atoms with van der Waals surface area (Å²) >= 11 is 0. The molecule has 1 aliphatic heterocycles. The van der Waals surface area contributed by atoms with Crippen molar-refractivity contribution in [2.24, 2.45) is 11.1 Å². The van der Waals surface area contributed by atoms with E-state index in [1.165, 1.54) is 6.07 Å². The van der Waals surface area contributed by atoms with Crippen LogP contribution in [-0.4, -0.2) is 30.9 Å². The molecule has 1 aromatic carbocycles. The highest BCUT2D eigenvalue weighted by Crippen LogP contribution is 2.29. The van der Waals surface area contributed by atoms with E-state index in [9.17, 15) is 18.4 Å². The minimum absolute atomic E-state index is 0.148. The Morgan fingerprint density at radius 2 is 1.92 bits per heavy atom. The summed E-state index contributed by atoms with van der Waals surface area (Å²) in [5.41, 5.74) is 4.65. The lowest BCUT2D eigenvalue weighted by atomic mass is 9.81. The van der Waals surface area contributed by atoms with Crippen LogP contribution in [0.1, 0.15) is 33.1 Å².